The fourth-order valence-electron chi connectivity index (χ4n) is 2.23. The van der Waals surface area contributed by atoms with Gasteiger partial charge in [-0.3, -0.25) is 4.99 Å². The zero-order valence-corrected chi connectivity index (χ0v) is 11.2. The zero-order valence-electron chi connectivity index (χ0n) is 10.4. The Labute approximate surface area is 116 Å². The number of benzene rings is 1. The molecule has 2 heterocycles. The topological polar surface area (TPSA) is 49.0 Å². The minimum atomic E-state index is -0.259. The summed E-state index contributed by atoms with van der Waals surface area (Å²) in [6.45, 7) is 0.852. The molecule has 0 spiro atoms. The van der Waals surface area contributed by atoms with E-state index >= 15 is 0 Å². The largest absolute Gasteiger partial charge is 0.292 e. The molecule has 3 rings (SSSR count). The van der Waals surface area contributed by atoms with Crippen molar-refractivity contribution in [3.8, 4) is 17.3 Å². The zero-order chi connectivity index (χ0) is 13.1. The van der Waals surface area contributed by atoms with Crippen molar-refractivity contribution < 1.29 is 0 Å². The Morgan fingerprint density at radius 2 is 2.11 bits per heavy atom. The summed E-state index contributed by atoms with van der Waals surface area (Å²) < 4.78 is 0. The standard InChI is InChI=1S/C15H13N3S/c16-9-12(13-7-4-8-17-13)15-18-14(10-19-15)11-5-2-1-3-6-11/h1-3,5-6,10,12H,4,7-8H2/t12-/m0/s1. The molecule has 0 aliphatic carbocycles. The molecule has 0 fully saturated rings. The van der Waals surface area contributed by atoms with E-state index in [2.05, 4.69) is 16.0 Å². The average Bonchev–Trinajstić information content (AvgIpc) is 3.12. The van der Waals surface area contributed by atoms with Crippen LogP contribution in [0.5, 0.6) is 0 Å². The Bertz CT molecular complexity index is 637. The van der Waals surface area contributed by atoms with Gasteiger partial charge in [0.25, 0.3) is 0 Å². The van der Waals surface area contributed by atoms with Crippen molar-refractivity contribution in [2.24, 2.45) is 4.99 Å². The number of nitriles is 1. The Hall–Kier alpha value is -1.99. The monoisotopic (exact) mass is 267 g/mol. The molecule has 0 saturated carbocycles. The van der Waals surface area contributed by atoms with Crippen LogP contribution in [0.3, 0.4) is 0 Å². The van der Waals surface area contributed by atoms with E-state index in [0.717, 1.165) is 41.4 Å². The Morgan fingerprint density at radius 1 is 1.26 bits per heavy atom. The second-order valence-electron chi connectivity index (χ2n) is 4.48. The number of thiazole rings is 1. The van der Waals surface area contributed by atoms with Crippen LogP contribution in [0.4, 0.5) is 0 Å². The molecule has 1 aromatic heterocycles. The van der Waals surface area contributed by atoms with Gasteiger partial charge in [0.2, 0.25) is 0 Å². The molecule has 3 nitrogen and oxygen atoms in total. The fraction of sp³-hybridized carbons (Fsp3) is 0.267. The molecule has 0 radical (unpaired) electrons. The lowest BCUT2D eigenvalue weighted by Gasteiger charge is -2.04. The van der Waals surface area contributed by atoms with Gasteiger partial charge >= 0.3 is 0 Å². The first-order valence-corrected chi connectivity index (χ1v) is 7.20. The predicted octanol–water partition coefficient (Wildman–Crippen LogP) is 3.65. The number of hydrogen-bond acceptors (Lipinski definition) is 4. The summed E-state index contributed by atoms with van der Waals surface area (Å²) in [5, 5.41) is 12.2. The summed E-state index contributed by atoms with van der Waals surface area (Å²) in [6, 6.07) is 12.4. The number of hydrogen-bond donors (Lipinski definition) is 0. The molecule has 1 aliphatic rings. The molecule has 0 bridgehead atoms. The average molecular weight is 267 g/mol. The van der Waals surface area contributed by atoms with E-state index < -0.39 is 0 Å². The van der Waals surface area contributed by atoms with Gasteiger partial charge in [0.1, 0.15) is 10.9 Å². The van der Waals surface area contributed by atoms with E-state index in [-0.39, 0.29) is 5.92 Å². The molecule has 94 valence electrons. The maximum Gasteiger partial charge on any atom is 0.136 e. The molecule has 0 saturated heterocycles. The van der Waals surface area contributed by atoms with Gasteiger partial charge in [-0.25, -0.2) is 4.98 Å². The first-order valence-electron chi connectivity index (χ1n) is 6.32. The smallest absolute Gasteiger partial charge is 0.136 e. The lowest BCUT2D eigenvalue weighted by Crippen LogP contribution is -2.07. The Kier molecular flexibility index (Phi) is 3.39. The third-order valence-corrected chi connectivity index (χ3v) is 4.12. The number of rotatable bonds is 3. The van der Waals surface area contributed by atoms with Gasteiger partial charge in [0.15, 0.2) is 0 Å². The van der Waals surface area contributed by atoms with Crippen LogP contribution < -0.4 is 0 Å². The van der Waals surface area contributed by atoms with Crippen LogP contribution in [0.1, 0.15) is 23.8 Å². The van der Waals surface area contributed by atoms with Gasteiger partial charge in [-0.1, -0.05) is 30.3 Å². The lowest BCUT2D eigenvalue weighted by atomic mass is 10.0. The minimum Gasteiger partial charge on any atom is -0.292 e. The van der Waals surface area contributed by atoms with Crippen molar-refractivity contribution in [2.45, 2.75) is 18.8 Å². The molecular formula is C15H13N3S. The fourth-order valence-corrected chi connectivity index (χ4v) is 3.13. The lowest BCUT2D eigenvalue weighted by molar-refractivity contribution is 0.945. The van der Waals surface area contributed by atoms with Gasteiger partial charge in [-0.15, -0.1) is 11.3 Å². The molecule has 4 heteroatoms. The quantitative estimate of drug-likeness (QED) is 0.852. The van der Waals surface area contributed by atoms with Gasteiger partial charge in [-0.2, -0.15) is 5.26 Å². The normalized spacial score (nSPS) is 15.8. The van der Waals surface area contributed by atoms with Crippen molar-refractivity contribution in [2.75, 3.05) is 6.54 Å². The van der Waals surface area contributed by atoms with Crippen LogP contribution in [-0.4, -0.2) is 17.2 Å². The molecule has 0 unspecified atom stereocenters. The molecular weight excluding hydrogens is 254 g/mol. The highest BCUT2D eigenvalue weighted by atomic mass is 32.1. The van der Waals surface area contributed by atoms with Gasteiger partial charge in [-0.05, 0) is 12.8 Å². The van der Waals surface area contributed by atoms with Crippen molar-refractivity contribution >= 4 is 17.0 Å². The molecule has 1 atom stereocenters. The summed E-state index contributed by atoms with van der Waals surface area (Å²) >= 11 is 1.55. The van der Waals surface area contributed by atoms with Crippen molar-refractivity contribution in [1.29, 1.82) is 5.26 Å². The summed E-state index contributed by atoms with van der Waals surface area (Å²) in [5.74, 6) is -0.259. The molecule has 2 aromatic rings. The first-order chi connectivity index (χ1) is 9.38. The summed E-state index contributed by atoms with van der Waals surface area (Å²) in [7, 11) is 0. The molecule has 1 aromatic carbocycles. The second kappa shape index (κ2) is 5.33. The van der Waals surface area contributed by atoms with Crippen molar-refractivity contribution in [3.63, 3.8) is 0 Å². The Morgan fingerprint density at radius 3 is 2.79 bits per heavy atom. The second-order valence-corrected chi connectivity index (χ2v) is 5.37. The van der Waals surface area contributed by atoms with E-state index in [0.29, 0.717) is 0 Å². The van der Waals surface area contributed by atoms with E-state index in [4.69, 9.17) is 0 Å². The van der Waals surface area contributed by atoms with Crippen LogP contribution in [0.2, 0.25) is 0 Å². The van der Waals surface area contributed by atoms with Crippen LogP contribution in [0.15, 0.2) is 40.7 Å². The number of nitrogens with zero attached hydrogens (tertiary/aromatic N) is 3. The Balaban J connectivity index is 1.91. The first kappa shape index (κ1) is 12.1. The highest BCUT2D eigenvalue weighted by Crippen LogP contribution is 2.29. The van der Waals surface area contributed by atoms with E-state index in [1.807, 2.05) is 35.7 Å². The summed E-state index contributed by atoms with van der Waals surface area (Å²) in [6.07, 6.45) is 1.99. The summed E-state index contributed by atoms with van der Waals surface area (Å²) in [4.78, 5) is 9.04. The highest BCUT2D eigenvalue weighted by molar-refractivity contribution is 7.10. The van der Waals surface area contributed by atoms with Crippen LogP contribution >= 0.6 is 11.3 Å². The summed E-state index contributed by atoms with van der Waals surface area (Å²) in [5.41, 5.74) is 3.03. The molecule has 0 N–H and O–H groups in total. The van der Waals surface area contributed by atoms with E-state index in [9.17, 15) is 5.26 Å². The third-order valence-electron chi connectivity index (χ3n) is 3.21. The highest BCUT2D eigenvalue weighted by Gasteiger charge is 2.23. The molecule has 1 aliphatic heterocycles. The van der Waals surface area contributed by atoms with Crippen LogP contribution in [0.25, 0.3) is 11.3 Å². The minimum absolute atomic E-state index is 0.259. The predicted molar refractivity (Wildman–Crippen MR) is 77.4 cm³/mol. The maximum absolute atomic E-state index is 9.36. The van der Waals surface area contributed by atoms with E-state index in [1.54, 1.807) is 11.3 Å². The van der Waals surface area contributed by atoms with Gasteiger partial charge in [0, 0.05) is 23.2 Å². The SMILES string of the molecule is N#C[C@@H](C1=NCCC1)c1nc(-c2ccccc2)cs1. The van der Waals surface area contributed by atoms with Crippen LogP contribution in [-0.2, 0) is 0 Å². The van der Waals surface area contributed by atoms with Crippen molar-refractivity contribution in [1.82, 2.24) is 4.98 Å². The van der Waals surface area contributed by atoms with Crippen molar-refractivity contribution in [3.05, 3.63) is 40.7 Å². The molecule has 0 amide bonds. The third kappa shape index (κ3) is 2.42. The molecule has 19 heavy (non-hydrogen) atoms. The number of aliphatic imine (C=N–C) groups is 1. The number of aromatic nitrogens is 1. The van der Waals surface area contributed by atoms with Gasteiger partial charge in [0.05, 0.1) is 11.8 Å². The maximum atomic E-state index is 9.36. The van der Waals surface area contributed by atoms with E-state index in [1.165, 1.54) is 0 Å². The van der Waals surface area contributed by atoms with Gasteiger partial charge < -0.3 is 0 Å². The van der Waals surface area contributed by atoms with Crippen LogP contribution in [0, 0.1) is 11.3 Å².